The molecule has 3 N–H and O–H groups in total. The molecule has 0 aliphatic carbocycles. The number of aryl methyl sites for hydroxylation is 1. The molecular weight excluding hydrogens is 535 g/mol. The van der Waals surface area contributed by atoms with Crippen LogP contribution in [0.3, 0.4) is 0 Å². The fourth-order valence-corrected chi connectivity index (χ4v) is 4.77. The minimum Gasteiger partial charge on any atom is -0.396 e. The summed E-state index contributed by atoms with van der Waals surface area (Å²) < 4.78 is 73.0. The normalized spacial score (nSPS) is 12.1. The van der Waals surface area contributed by atoms with E-state index in [4.69, 9.17) is 5.73 Å². The molecule has 0 unspecified atom stereocenters. The van der Waals surface area contributed by atoms with Gasteiger partial charge >= 0.3 is 6.18 Å². The summed E-state index contributed by atoms with van der Waals surface area (Å²) in [6.07, 6.45) is -1.27. The number of rotatable bonds is 11. The number of thioether (sulfide) groups is 1. The molecule has 39 heavy (non-hydrogen) atoms. The number of nitrogens with two attached hydrogens (primary N) is 1. The van der Waals surface area contributed by atoms with Crippen molar-refractivity contribution in [3.8, 4) is 11.3 Å². The van der Waals surface area contributed by atoms with Gasteiger partial charge in [0, 0.05) is 25.7 Å². The first-order valence-electron chi connectivity index (χ1n) is 12.8. The molecule has 12 heteroatoms. The number of likely N-dealkylation sites (N-methyl/N-ethyl adjacent to an activating group) is 1. The van der Waals surface area contributed by atoms with Gasteiger partial charge in [-0.05, 0) is 50.1 Å². The summed E-state index contributed by atoms with van der Waals surface area (Å²) in [4.78, 5) is 15.2. The van der Waals surface area contributed by atoms with Crippen molar-refractivity contribution in [2.45, 2.75) is 58.3 Å². The summed E-state index contributed by atoms with van der Waals surface area (Å²) in [6, 6.07) is 0.796. The molecule has 0 bridgehead atoms. The van der Waals surface area contributed by atoms with Crippen molar-refractivity contribution in [3.05, 3.63) is 34.5 Å². The van der Waals surface area contributed by atoms with E-state index in [1.54, 1.807) is 6.26 Å². The number of alkyl halides is 3. The number of hydrogen-bond acceptors (Lipinski definition) is 7. The van der Waals surface area contributed by atoms with Crippen LogP contribution < -0.4 is 16.0 Å². The number of nitrogens with zero attached hydrogens (tertiary/aromatic N) is 4. The summed E-state index contributed by atoms with van der Waals surface area (Å²) in [5.41, 5.74) is 2.18. The van der Waals surface area contributed by atoms with Gasteiger partial charge in [-0.25, -0.2) is 23.7 Å². The lowest BCUT2D eigenvalue weighted by atomic mass is 9.95. The van der Waals surface area contributed by atoms with Gasteiger partial charge in [-0.2, -0.15) is 13.2 Å². The molecule has 0 aliphatic heterocycles. The fraction of sp³-hybridized carbons (Fsp3) is 0.519. The smallest absolute Gasteiger partial charge is 0.396 e. The molecule has 1 aromatic carbocycles. The van der Waals surface area contributed by atoms with Crippen molar-refractivity contribution >= 4 is 34.2 Å². The third-order valence-corrected chi connectivity index (χ3v) is 6.99. The first-order chi connectivity index (χ1) is 18.3. The van der Waals surface area contributed by atoms with Gasteiger partial charge in [0.25, 0.3) is 0 Å². The van der Waals surface area contributed by atoms with Crippen LogP contribution in [0, 0.1) is 24.5 Å². The third-order valence-electron chi connectivity index (χ3n) is 6.44. The Balaban J connectivity index is 2.25. The molecule has 3 rings (SSSR count). The van der Waals surface area contributed by atoms with Crippen LogP contribution in [0.2, 0.25) is 0 Å². The monoisotopic (exact) mass is 570 g/mol. The van der Waals surface area contributed by atoms with Gasteiger partial charge in [-0.1, -0.05) is 39.0 Å². The number of benzene rings is 1. The van der Waals surface area contributed by atoms with Crippen molar-refractivity contribution in [2.75, 3.05) is 43.6 Å². The molecule has 0 radical (unpaired) electrons. The van der Waals surface area contributed by atoms with E-state index in [2.05, 4.69) is 34.1 Å². The van der Waals surface area contributed by atoms with E-state index in [0.717, 1.165) is 26.0 Å². The molecule has 0 saturated heterocycles. The van der Waals surface area contributed by atoms with Crippen molar-refractivity contribution in [1.82, 2.24) is 20.3 Å². The van der Waals surface area contributed by atoms with E-state index in [-0.39, 0.29) is 10.7 Å². The summed E-state index contributed by atoms with van der Waals surface area (Å²) in [7, 11) is 1.82. The Morgan fingerprint density at radius 3 is 2.38 bits per heavy atom. The SMILES string of the molecule is CCCc1nc(-c2cc(N)c(F)c(C)c2C(F)(F)F)c(F)c2nc(SC)nc(N(C)CCNCCC(C)C)c12. The molecule has 3 aromatic rings. The summed E-state index contributed by atoms with van der Waals surface area (Å²) in [5, 5.41) is 4.00. The maximum absolute atomic E-state index is 16.2. The minimum atomic E-state index is -4.97. The molecule has 2 heterocycles. The Bertz CT molecular complexity index is 1330. The van der Waals surface area contributed by atoms with Crippen molar-refractivity contribution in [2.24, 2.45) is 5.92 Å². The highest BCUT2D eigenvalue weighted by Crippen LogP contribution is 2.43. The maximum atomic E-state index is 16.2. The number of anilines is 2. The van der Waals surface area contributed by atoms with Crippen LogP contribution >= 0.6 is 11.8 Å². The summed E-state index contributed by atoms with van der Waals surface area (Å²) >= 11 is 1.19. The Labute approximate surface area is 230 Å². The van der Waals surface area contributed by atoms with Crippen LogP contribution in [0.1, 0.15) is 50.4 Å². The number of nitrogens with one attached hydrogen (secondary N) is 1. The fourth-order valence-electron chi connectivity index (χ4n) is 4.41. The molecule has 214 valence electrons. The molecular formula is C27H35F5N6S. The average Bonchev–Trinajstić information content (AvgIpc) is 2.86. The van der Waals surface area contributed by atoms with Gasteiger partial charge in [-0.15, -0.1) is 0 Å². The maximum Gasteiger partial charge on any atom is 0.417 e. The summed E-state index contributed by atoms with van der Waals surface area (Å²) in [6.45, 7) is 9.22. The Morgan fingerprint density at radius 2 is 1.79 bits per heavy atom. The van der Waals surface area contributed by atoms with Crippen LogP contribution in [0.25, 0.3) is 22.2 Å². The molecule has 0 saturated carbocycles. The molecule has 0 amide bonds. The molecule has 0 atom stereocenters. The number of pyridine rings is 1. The predicted molar refractivity (Wildman–Crippen MR) is 148 cm³/mol. The van der Waals surface area contributed by atoms with Crippen molar-refractivity contribution in [3.63, 3.8) is 0 Å². The highest BCUT2D eigenvalue weighted by molar-refractivity contribution is 7.98. The molecule has 6 nitrogen and oxygen atoms in total. The highest BCUT2D eigenvalue weighted by Gasteiger charge is 2.39. The van der Waals surface area contributed by atoms with E-state index in [9.17, 15) is 17.6 Å². The first kappa shape index (κ1) is 30.8. The third kappa shape index (κ3) is 6.71. The van der Waals surface area contributed by atoms with Gasteiger partial charge in [-0.3, -0.25) is 0 Å². The lowest BCUT2D eigenvalue weighted by Crippen LogP contribution is -2.31. The Hall–Kier alpha value is -2.73. The molecule has 2 aromatic heterocycles. The van der Waals surface area contributed by atoms with E-state index in [1.165, 1.54) is 11.8 Å². The zero-order valence-corrected chi connectivity index (χ0v) is 23.9. The number of nitrogen functional groups attached to an aromatic ring is 1. The van der Waals surface area contributed by atoms with E-state index >= 15 is 4.39 Å². The quantitative estimate of drug-likeness (QED) is 0.0881. The van der Waals surface area contributed by atoms with E-state index in [1.807, 2.05) is 18.9 Å². The zero-order valence-electron chi connectivity index (χ0n) is 23.1. The first-order valence-corrected chi connectivity index (χ1v) is 14.1. The number of hydrogen-bond donors (Lipinski definition) is 2. The largest absolute Gasteiger partial charge is 0.417 e. The average molecular weight is 571 g/mol. The lowest BCUT2D eigenvalue weighted by molar-refractivity contribution is -0.137. The van der Waals surface area contributed by atoms with E-state index < -0.39 is 45.9 Å². The number of aromatic nitrogens is 3. The van der Waals surface area contributed by atoms with Crippen molar-refractivity contribution in [1.29, 1.82) is 0 Å². The van der Waals surface area contributed by atoms with Crippen LogP contribution in [0.5, 0.6) is 0 Å². The van der Waals surface area contributed by atoms with E-state index in [0.29, 0.717) is 48.7 Å². The summed E-state index contributed by atoms with van der Waals surface area (Å²) in [5.74, 6) is -1.22. The highest BCUT2D eigenvalue weighted by atomic mass is 32.2. The van der Waals surface area contributed by atoms with Crippen LogP contribution in [-0.2, 0) is 12.6 Å². The number of fused-ring (bicyclic) bond motifs is 1. The second-order valence-electron chi connectivity index (χ2n) is 9.91. The van der Waals surface area contributed by atoms with Gasteiger partial charge in [0.1, 0.15) is 22.8 Å². The van der Waals surface area contributed by atoms with Crippen LogP contribution in [0.15, 0.2) is 11.2 Å². The van der Waals surface area contributed by atoms with Crippen LogP contribution in [-0.4, -0.2) is 47.9 Å². The van der Waals surface area contributed by atoms with Crippen molar-refractivity contribution < 1.29 is 22.0 Å². The minimum absolute atomic E-state index is 0.133. The van der Waals surface area contributed by atoms with Gasteiger partial charge in [0.2, 0.25) is 0 Å². The van der Waals surface area contributed by atoms with Gasteiger partial charge in [0.15, 0.2) is 11.0 Å². The second kappa shape index (κ2) is 12.6. The zero-order chi connectivity index (χ0) is 29.1. The molecule has 0 fully saturated rings. The van der Waals surface area contributed by atoms with Crippen LogP contribution in [0.4, 0.5) is 33.5 Å². The number of halogens is 5. The lowest BCUT2D eigenvalue weighted by Gasteiger charge is -2.23. The molecule has 0 spiro atoms. The predicted octanol–water partition coefficient (Wildman–Crippen LogP) is 6.63. The molecule has 0 aliphatic rings. The Morgan fingerprint density at radius 1 is 1.10 bits per heavy atom. The van der Waals surface area contributed by atoms with Gasteiger partial charge < -0.3 is 16.0 Å². The van der Waals surface area contributed by atoms with Gasteiger partial charge in [0.05, 0.1) is 22.3 Å². The standard InChI is InChI=1S/C27H35F5N6S/c1-7-8-18-19-24(36-26(39-6)37-25(19)38(5)12-11-34-10-9-14(2)3)22(29)23(35-18)16-13-17(33)21(28)15(4)20(16)27(30,31)32/h13-14,34H,7-12,33H2,1-6H3. The second-order valence-corrected chi connectivity index (χ2v) is 10.7. The Kier molecular flexibility index (Phi) is 9.98. The topological polar surface area (TPSA) is 80.0 Å².